The molecule has 0 amide bonds. The molecule has 0 spiro atoms. The summed E-state index contributed by atoms with van der Waals surface area (Å²) in [4.78, 5) is 12.0. The van der Waals surface area contributed by atoms with Gasteiger partial charge in [0.05, 0.1) is 36.2 Å². The Morgan fingerprint density at radius 3 is 2.72 bits per heavy atom. The van der Waals surface area contributed by atoms with Crippen LogP contribution in [0, 0.1) is 17.0 Å². The predicted molar refractivity (Wildman–Crippen MR) is 133 cm³/mol. The lowest BCUT2D eigenvalue weighted by atomic mass is 9.65. The maximum Gasteiger partial charge on any atom is 0.310 e. The monoisotopic (exact) mass is 492 g/mol. The molecule has 3 aromatic rings. The molecule has 0 aliphatic heterocycles. The fraction of sp³-hybridized carbons (Fsp3) is 0.379. The summed E-state index contributed by atoms with van der Waals surface area (Å²) >= 11 is 0. The highest BCUT2D eigenvalue weighted by atomic mass is 19.1. The standard InChI is InChI=1S/C29H30F2N2O3/c1-3-36-27(34)16-24-19(5-4-6-25(24)31)11-13-29(35)14-12-21-15-26-20(17-28(21,29)2)18-32-33(26)23-9-7-22(30)8-10-23/h4-10,15,18,35H,3,11-14,16-17H2,1-2H3/t28-,29-/m0/s1. The van der Waals surface area contributed by atoms with Gasteiger partial charge in [0.25, 0.3) is 0 Å². The van der Waals surface area contributed by atoms with Gasteiger partial charge in [-0.3, -0.25) is 4.79 Å². The minimum absolute atomic E-state index is 0.122. The van der Waals surface area contributed by atoms with Crippen LogP contribution in [0.4, 0.5) is 8.78 Å². The number of aryl methyl sites for hydroxylation is 1. The van der Waals surface area contributed by atoms with E-state index in [1.807, 2.05) is 16.9 Å². The largest absolute Gasteiger partial charge is 0.466 e. The number of hydrogen-bond donors (Lipinski definition) is 1. The van der Waals surface area contributed by atoms with Crippen LogP contribution in [0.5, 0.6) is 0 Å². The number of hydrogen-bond acceptors (Lipinski definition) is 4. The molecule has 0 radical (unpaired) electrons. The number of aliphatic hydroxyl groups is 1. The van der Waals surface area contributed by atoms with Gasteiger partial charge in [-0.05, 0) is 86.6 Å². The van der Waals surface area contributed by atoms with E-state index < -0.39 is 22.8 Å². The van der Waals surface area contributed by atoms with Crippen LogP contribution in [0.15, 0.2) is 54.2 Å². The Balaban J connectivity index is 1.39. The number of esters is 1. The second-order valence-corrected chi connectivity index (χ2v) is 10.0. The smallest absolute Gasteiger partial charge is 0.310 e. The molecular weight excluding hydrogens is 462 g/mol. The molecule has 2 atom stereocenters. The lowest BCUT2D eigenvalue weighted by Gasteiger charge is -2.42. The summed E-state index contributed by atoms with van der Waals surface area (Å²) in [7, 11) is 0. The number of rotatable bonds is 7. The van der Waals surface area contributed by atoms with Crippen molar-refractivity contribution in [2.75, 3.05) is 6.61 Å². The van der Waals surface area contributed by atoms with Crippen LogP contribution < -0.4 is 0 Å². The normalized spacial score (nSPS) is 22.6. The zero-order valence-corrected chi connectivity index (χ0v) is 20.6. The van der Waals surface area contributed by atoms with Crippen molar-refractivity contribution < 1.29 is 23.4 Å². The third kappa shape index (κ3) is 4.15. The molecule has 1 heterocycles. The van der Waals surface area contributed by atoms with Gasteiger partial charge in [0, 0.05) is 11.0 Å². The van der Waals surface area contributed by atoms with Gasteiger partial charge in [0.15, 0.2) is 0 Å². The zero-order valence-electron chi connectivity index (χ0n) is 20.6. The lowest BCUT2D eigenvalue weighted by Crippen LogP contribution is -2.45. The Labute approximate surface area is 209 Å². The molecule has 1 fully saturated rings. The van der Waals surface area contributed by atoms with Gasteiger partial charge >= 0.3 is 5.97 Å². The number of fused-ring (bicyclic) bond motifs is 2. The molecule has 0 bridgehead atoms. The van der Waals surface area contributed by atoms with Gasteiger partial charge in [-0.2, -0.15) is 5.10 Å². The Bertz CT molecular complexity index is 1330. The highest BCUT2D eigenvalue weighted by Crippen LogP contribution is 2.56. The van der Waals surface area contributed by atoms with Crippen molar-refractivity contribution in [1.82, 2.24) is 9.78 Å². The van der Waals surface area contributed by atoms with Crippen molar-refractivity contribution in [3.05, 3.63) is 88.3 Å². The van der Waals surface area contributed by atoms with Crippen molar-refractivity contribution in [1.29, 1.82) is 0 Å². The van der Waals surface area contributed by atoms with E-state index in [1.165, 1.54) is 18.2 Å². The number of benzene rings is 2. The molecule has 2 aliphatic rings. The number of carbonyl (C=O) groups excluding carboxylic acids is 1. The molecule has 0 unspecified atom stereocenters. The molecule has 36 heavy (non-hydrogen) atoms. The summed E-state index contributed by atoms with van der Waals surface area (Å²) in [6.45, 7) is 4.06. The predicted octanol–water partition coefficient (Wildman–Crippen LogP) is 5.36. The van der Waals surface area contributed by atoms with Crippen molar-refractivity contribution >= 4 is 12.0 Å². The van der Waals surface area contributed by atoms with E-state index in [2.05, 4.69) is 18.1 Å². The molecule has 2 aliphatic carbocycles. The van der Waals surface area contributed by atoms with Gasteiger partial charge in [0.2, 0.25) is 0 Å². The summed E-state index contributed by atoms with van der Waals surface area (Å²) in [5.41, 5.74) is 3.52. The maximum atomic E-state index is 14.6. The molecule has 0 saturated heterocycles. The first kappa shape index (κ1) is 24.4. The SMILES string of the molecule is CCOC(=O)Cc1c(F)cccc1CC[C@]1(O)CCC2=Cc3c(cnn3-c3ccc(F)cc3)C[C@@]21C. The van der Waals surface area contributed by atoms with Crippen LogP contribution in [-0.2, 0) is 28.8 Å². The molecular formula is C29H30F2N2O3. The van der Waals surface area contributed by atoms with Crippen molar-refractivity contribution in [3.8, 4) is 5.69 Å². The number of nitrogens with zero attached hydrogens (tertiary/aromatic N) is 2. The minimum Gasteiger partial charge on any atom is -0.466 e. The molecule has 1 N–H and O–H groups in total. The summed E-state index contributed by atoms with van der Waals surface area (Å²) in [6.07, 6.45) is 6.69. The maximum absolute atomic E-state index is 14.6. The molecule has 2 aromatic carbocycles. The fourth-order valence-corrected chi connectivity index (χ4v) is 5.85. The van der Waals surface area contributed by atoms with E-state index in [0.29, 0.717) is 31.2 Å². The van der Waals surface area contributed by atoms with Crippen molar-refractivity contribution in [3.63, 3.8) is 0 Å². The first-order valence-electron chi connectivity index (χ1n) is 12.4. The van der Waals surface area contributed by atoms with E-state index in [-0.39, 0.29) is 18.8 Å². The third-order valence-electron chi connectivity index (χ3n) is 8.01. The van der Waals surface area contributed by atoms with Crippen LogP contribution in [0.3, 0.4) is 0 Å². The van der Waals surface area contributed by atoms with E-state index >= 15 is 0 Å². The quantitative estimate of drug-likeness (QED) is 0.451. The molecule has 5 rings (SSSR count). The Morgan fingerprint density at radius 1 is 1.19 bits per heavy atom. The Kier molecular flexibility index (Phi) is 6.29. The zero-order chi connectivity index (χ0) is 25.5. The third-order valence-corrected chi connectivity index (χ3v) is 8.01. The van der Waals surface area contributed by atoms with E-state index in [1.54, 1.807) is 25.1 Å². The van der Waals surface area contributed by atoms with E-state index in [0.717, 1.165) is 34.5 Å². The summed E-state index contributed by atoms with van der Waals surface area (Å²) < 4.78 is 34.9. The summed E-state index contributed by atoms with van der Waals surface area (Å²) in [5.74, 6) is -1.19. The highest BCUT2D eigenvalue weighted by molar-refractivity contribution is 5.73. The highest BCUT2D eigenvalue weighted by Gasteiger charge is 2.54. The van der Waals surface area contributed by atoms with Crippen LogP contribution in [0.25, 0.3) is 11.8 Å². The summed E-state index contributed by atoms with van der Waals surface area (Å²) in [6, 6.07) is 11.1. The average Bonchev–Trinajstić information content (AvgIpc) is 3.36. The van der Waals surface area contributed by atoms with Gasteiger partial charge in [-0.25, -0.2) is 13.5 Å². The van der Waals surface area contributed by atoms with Gasteiger partial charge < -0.3 is 9.84 Å². The average molecular weight is 493 g/mol. The molecule has 188 valence electrons. The molecule has 1 saturated carbocycles. The number of ether oxygens (including phenoxy) is 1. The first-order chi connectivity index (χ1) is 17.2. The van der Waals surface area contributed by atoms with E-state index in [9.17, 15) is 18.7 Å². The molecule has 1 aromatic heterocycles. The van der Waals surface area contributed by atoms with Gasteiger partial charge in [-0.1, -0.05) is 24.6 Å². The topological polar surface area (TPSA) is 64.3 Å². The minimum atomic E-state index is -0.984. The Hall–Kier alpha value is -3.32. The van der Waals surface area contributed by atoms with Crippen molar-refractivity contribution in [2.24, 2.45) is 5.41 Å². The van der Waals surface area contributed by atoms with Crippen LogP contribution in [-0.4, -0.2) is 33.1 Å². The Morgan fingerprint density at radius 2 is 1.97 bits per heavy atom. The molecule has 5 nitrogen and oxygen atoms in total. The second kappa shape index (κ2) is 9.28. The number of carbonyl (C=O) groups is 1. The van der Waals surface area contributed by atoms with Crippen LogP contribution in [0.2, 0.25) is 0 Å². The first-order valence-corrected chi connectivity index (χ1v) is 12.4. The lowest BCUT2D eigenvalue weighted by molar-refractivity contribution is -0.142. The fourth-order valence-electron chi connectivity index (χ4n) is 5.85. The van der Waals surface area contributed by atoms with Gasteiger partial charge in [0.1, 0.15) is 11.6 Å². The van der Waals surface area contributed by atoms with E-state index in [4.69, 9.17) is 4.74 Å². The van der Waals surface area contributed by atoms with Crippen molar-refractivity contribution in [2.45, 2.75) is 58.0 Å². The van der Waals surface area contributed by atoms with Crippen LogP contribution >= 0.6 is 0 Å². The second-order valence-electron chi connectivity index (χ2n) is 10.0. The van der Waals surface area contributed by atoms with Crippen LogP contribution in [0.1, 0.15) is 55.5 Å². The molecule has 7 heteroatoms. The van der Waals surface area contributed by atoms with Gasteiger partial charge in [-0.15, -0.1) is 0 Å². The summed E-state index contributed by atoms with van der Waals surface area (Å²) in [5, 5.41) is 16.5. The number of halogens is 2. The number of aromatic nitrogens is 2.